The van der Waals surface area contributed by atoms with Crippen LogP contribution in [0.2, 0.25) is 0 Å². The molecule has 0 saturated heterocycles. The quantitative estimate of drug-likeness (QED) is 0.571. The Kier molecular flexibility index (Phi) is 4.01. The second-order valence-electron chi connectivity index (χ2n) is 6.06. The highest BCUT2D eigenvalue weighted by atomic mass is 16.5. The summed E-state index contributed by atoms with van der Waals surface area (Å²) in [5.74, 6) is 2.01. The van der Waals surface area contributed by atoms with Gasteiger partial charge in [-0.1, -0.05) is 0 Å². The van der Waals surface area contributed by atoms with Gasteiger partial charge >= 0.3 is 0 Å². The second-order valence-corrected chi connectivity index (χ2v) is 6.06. The molecule has 2 aromatic heterocycles. The Morgan fingerprint density at radius 1 is 1.07 bits per heavy atom. The van der Waals surface area contributed by atoms with Crippen molar-refractivity contribution in [1.82, 2.24) is 15.0 Å². The number of methoxy groups -OCH3 is 2. The van der Waals surface area contributed by atoms with Gasteiger partial charge in [0.2, 0.25) is 0 Å². The number of imidazole rings is 1. The summed E-state index contributed by atoms with van der Waals surface area (Å²) in [6, 6.07) is 11.6. The summed E-state index contributed by atoms with van der Waals surface area (Å²) in [7, 11) is 3.15. The average Bonchev–Trinajstić information content (AvgIpc) is 3.06. The molecule has 2 heterocycles. The van der Waals surface area contributed by atoms with E-state index in [4.69, 9.17) is 9.47 Å². The van der Waals surface area contributed by atoms with Crippen molar-refractivity contribution in [3.8, 4) is 17.6 Å². The van der Waals surface area contributed by atoms with Crippen molar-refractivity contribution in [3.63, 3.8) is 0 Å². The number of hydrogen-bond acceptors (Lipinski definition) is 6. The average molecular weight is 359 g/mol. The lowest BCUT2D eigenvalue weighted by Gasteiger charge is -2.14. The van der Waals surface area contributed by atoms with Crippen LogP contribution in [-0.2, 0) is 0 Å². The number of rotatable bonds is 4. The minimum atomic E-state index is 0.440. The van der Waals surface area contributed by atoms with Crippen LogP contribution in [0.25, 0.3) is 21.9 Å². The first-order chi connectivity index (χ1) is 13.1. The SMILES string of the molecule is COc1cc2ncc(C#N)c(Nc3ccc4nc(C)[nH]c4c3)c2cc1OC. The van der Waals surface area contributed by atoms with Crippen molar-refractivity contribution in [1.29, 1.82) is 5.26 Å². The van der Waals surface area contributed by atoms with Gasteiger partial charge in [0, 0.05) is 23.3 Å². The fourth-order valence-electron chi connectivity index (χ4n) is 3.10. The van der Waals surface area contributed by atoms with Crippen LogP contribution in [-0.4, -0.2) is 29.2 Å². The molecule has 0 aliphatic heterocycles. The van der Waals surface area contributed by atoms with E-state index in [2.05, 4.69) is 26.3 Å². The Labute approximate surface area is 155 Å². The maximum absolute atomic E-state index is 9.56. The Bertz CT molecular complexity index is 1210. The predicted octanol–water partition coefficient (Wildman–Crippen LogP) is 4.05. The minimum absolute atomic E-state index is 0.440. The van der Waals surface area contributed by atoms with Crippen LogP contribution >= 0.6 is 0 Å². The molecule has 0 aliphatic rings. The van der Waals surface area contributed by atoms with Crippen LogP contribution < -0.4 is 14.8 Å². The molecule has 4 aromatic rings. The second kappa shape index (κ2) is 6.50. The fraction of sp³-hybridized carbons (Fsp3) is 0.150. The van der Waals surface area contributed by atoms with Crippen molar-refractivity contribution in [3.05, 3.63) is 47.9 Å². The lowest BCUT2D eigenvalue weighted by atomic mass is 10.1. The van der Waals surface area contributed by atoms with Crippen molar-refractivity contribution in [2.24, 2.45) is 0 Å². The topological polar surface area (TPSA) is 95.9 Å². The molecule has 0 amide bonds. The molecule has 0 bridgehead atoms. The first kappa shape index (κ1) is 16.7. The number of pyridine rings is 1. The molecule has 7 heteroatoms. The summed E-state index contributed by atoms with van der Waals surface area (Å²) in [6.45, 7) is 1.91. The van der Waals surface area contributed by atoms with Crippen LogP contribution in [0.4, 0.5) is 11.4 Å². The summed E-state index contributed by atoms with van der Waals surface area (Å²) in [5.41, 5.74) is 4.46. The fourth-order valence-corrected chi connectivity index (χ4v) is 3.10. The summed E-state index contributed by atoms with van der Waals surface area (Å²) in [5, 5.41) is 13.7. The molecule has 2 N–H and O–H groups in total. The van der Waals surface area contributed by atoms with E-state index >= 15 is 0 Å². The number of hydrogen-bond donors (Lipinski definition) is 2. The van der Waals surface area contributed by atoms with E-state index in [1.807, 2.05) is 31.2 Å². The van der Waals surface area contributed by atoms with Gasteiger partial charge in [-0.15, -0.1) is 0 Å². The largest absolute Gasteiger partial charge is 0.493 e. The third kappa shape index (κ3) is 2.87. The monoisotopic (exact) mass is 359 g/mol. The number of aromatic amines is 1. The number of aryl methyl sites for hydroxylation is 1. The first-order valence-corrected chi connectivity index (χ1v) is 8.31. The summed E-state index contributed by atoms with van der Waals surface area (Å²) in [4.78, 5) is 12.0. The van der Waals surface area contributed by atoms with Gasteiger partial charge in [-0.3, -0.25) is 4.98 Å². The maximum atomic E-state index is 9.56. The molecule has 0 atom stereocenters. The van der Waals surface area contributed by atoms with Gasteiger partial charge in [-0.2, -0.15) is 5.26 Å². The molecule has 27 heavy (non-hydrogen) atoms. The van der Waals surface area contributed by atoms with Crippen molar-refractivity contribution < 1.29 is 9.47 Å². The Morgan fingerprint density at radius 2 is 1.85 bits per heavy atom. The van der Waals surface area contributed by atoms with Gasteiger partial charge in [0.15, 0.2) is 11.5 Å². The smallest absolute Gasteiger partial charge is 0.162 e. The zero-order valence-electron chi connectivity index (χ0n) is 15.1. The molecule has 0 unspecified atom stereocenters. The minimum Gasteiger partial charge on any atom is -0.493 e. The number of aromatic nitrogens is 3. The number of anilines is 2. The van der Waals surface area contributed by atoms with Crippen molar-refractivity contribution in [2.45, 2.75) is 6.92 Å². The van der Waals surface area contributed by atoms with Gasteiger partial charge in [0.25, 0.3) is 0 Å². The molecular weight excluding hydrogens is 342 g/mol. The number of fused-ring (bicyclic) bond motifs is 2. The van der Waals surface area contributed by atoms with Crippen LogP contribution in [0.5, 0.6) is 11.5 Å². The zero-order valence-corrected chi connectivity index (χ0v) is 15.1. The van der Waals surface area contributed by atoms with Gasteiger partial charge < -0.3 is 19.8 Å². The third-order valence-electron chi connectivity index (χ3n) is 4.36. The Hall–Kier alpha value is -3.79. The summed E-state index contributed by atoms with van der Waals surface area (Å²) >= 11 is 0. The molecule has 0 fully saturated rings. The van der Waals surface area contributed by atoms with Crippen molar-refractivity contribution in [2.75, 3.05) is 19.5 Å². The maximum Gasteiger partial charge on any atom is 0.162 e. The number of ether oxygens (including phenoxy) is 2. The molecule has 0 radical (unpaired) electrons. The van der Waals surface area contributed by atoms with Gasteiger partial charge in [0.1, 0.15) is 11.9 Å². The summed E-state index contributed by atoms with van der Waals surface area (Å²) in [6.07, 6.45) is 1.55. The molecule has 0 saturated carbocycles. The van der Waals surface area contributed by atoms with Crippen molar-refractivity contribution >= 4 is 33.3 Å². The first-order valence-electron chi connectivity index (χ1n) is 8.31. The zero-order chi connectivity index (χ0) is 19.0. The van der Waals surface area contributed by atoms with E-state index in [9.17, 15) is 5.26 Å². The molecule has 4 rings (SSSR count). The predicted molar refractivity (Wildman–Crippen MR) is 104 cm³/mol. The van der Waals surface area contributed by atoms with E-state index in [-0.39, 0.29) is 0 Å². The van der Waals surface area contributed by atoms with E-state index in [0.717, 1.165) is 27.9 Å². The molecule has 0 spiro atoms. The number of nitrogens with zero attached hydrogens (tertiary/aromatic N) is 3. The third-order valence-corrected chi connectivity index (χ3v) is 4.36. The molecule has 7 nitrogen and oxygen atoms in total. The number of nitrogens with one attached hydrogen (secondary N) is 2. The normalized spacial score (nSPS) is 10.7. The molecule has 2 aromatic carbocycles. The highest BCUT2D eigenvalue weighted by Gasteiger charge is 2.14. The van der Waals surface area contributed by atoms with Gasteiger partial charge in [-0.05, 0) is 31.2 Å². The lowest BCUT2D eigenvalue weighted by molar-refractivity contribution is 0.356. The van der Waals surface area contributed by atoms with E-state index in [1.165, 1.54) is 0 Å². The van der Waals surface area contributed by atoms with E-state index < -0.39 is 0 Å². The van der Waals surface area contributed by atoms with Gasteiger partial charge in [0.05, 0.1) is 42.0 Å². The van der Waals surface area contributed by atoms with E-state index in [0.29, 0.717) is 28.3 Å². The highest BCUT2D eigenvalue weighted by molar-refractivity contribution is 5.98. The van der Waals surface area contributed by atoms with Crippen LogP contribution in [0.1, 0.15) is 11.4 Å². The van der Waals surface area contributed by atoms with Gasteiger partial charge in [-0.25, -0.2) is 4.98 Å². The number of benzene rings is 2. The molecule has 0 aliphatic carbocycles. The molecular formula is C20H17N5O2. The Balaban J connectivity index is 1.88. The standard InChI is InChI=1S/C20H17N5O2/c1-11-23-15-5-4-13(6-17(15)24-11)25-20-12(9-21)10-22-16-8-19(27-3)18(26-2)7-14(16)20/h4-8,10H,1-3H3,(H,22,25)(H,23,24). The Morgan fingerprint density at radius 3 is 2.59 bits per heavy atom. The number of nitriles is 1. The van der Waals surface area contributed by atoms with E-state index in [1.54, 1.807) is 26.5 Å². The van der Waals surface area contributed by atoms with Crippen LogP contribution in [0, 0.1) is 18.3 Å². The van der Waals surface area contributed by atoms with Crippen LogP contribution in [0.3, 0.4) is 0 Å². The lowest BCUT2D eigenvalue weighted by Crippen LogP contribution is -1.98. The summed E-state index contributed by atoms with van der Waals surface area (Å²) < 4.78 is 10.8. The molecule has 134 valence electrons. The number of H-pyrrole nitrogens is 1. The highest BCUT2D eigenvalue weighted by Crippen LogP contribution is 2.37. The van der Waals surface area contributed by atoms with Crippen LogP contribution in [0.15, 0.2) is 36.5 Å².